The van der Waals surface area contributed by atoms with E-state index in [4.69, 9.17) is 0 Å². The lowest BCUT2D eigenvalue weighted by Gasteiger charge is -2.20. The summed E-state index contributed by atoms with van der Waals surface area (Å²) >= 11 is 1.71. The number of carbonyl (C=O) groups excluding carboxylic acids is 1. The van der Waals surface area contributed by atoms with Gasteiger partial charge >= 0.3 is 0 Å². The zero-order chi connectivity index (χ0) is 11.8. The van der Waals surface area contributed by atoms with E-state index >= 15 is 0 Å². The van der Waals surface area contributed by atoms with Gasteiger partial charge in [0.25, 0.3) is 0 Å². The first-order valence-electron chi connectivity index (χ1n) is 5.96. The van der Waals surface area contributed by atoms with Crippen molar-refractivity contribution < 1.29 is 4.79 Å². The van der Waals surface area contributed by atoms with E-state index in [0.29, 0.717) is 0 Å². The summed E-state index contributed by atoms with van der Waals surface area (Å²) in [6.45, 7) is 2.21. The maximum Gasteiger partial charge on any atom is 0.191 e. The first-order valence-corrected chi connectivity index (χ1v) is 7.18. The van der Waals surface area contributed by atoms with E-state index < -0.39 is 0 Å². The second-order valence-electron chi connectivity index (χ2n) is 4.46. The fourth-order valence-electron chi connectivity index (χ4n) is 2.40. The van der Waals surface area contributed by atoms with E-state index in [9.17, 15) is 4.79 Å². The normalized spacial score (nSPS) is 21.2. The Morgan fingerprint density at radius 3 is 2.71 bits per heavy atom. The van der Waals surface area contributed by atoms with Crippen LogP contribution in [-0.2, 0) is 6.42 Å². The van der Waals surface area contributed by atoms with Crippen molar-refractivity contribution >= 4 is 17.5 Å². The zero-order valence-corrected chi connectivity index (χ0v) is 10.7. The molecular formula is C14H15NOS. The van der Waals surface area contributed by atoms with Gasteiger partial charge in [0.05, 0.1) is 5.03 Å². The van der Waals surface area contributed by atoms with Crippen LogP contribution in [0.4, 0.5) is 0 Å². The van der Waals surface area contributed by atoms with Crippen LogP contribution >= 0.6 is 11.8 Å². The molecule has 0 radical (unpaired) electrons. The molecule has 0 spiro atoms. The van der Waals surface area contributed by atoms with Crippen LogP contribution in [0.5, 0.6) is 0 Å². The van der Waals surface area contributed by atoms with Gasteiger partial charge in [-0.3, -0.25) is 4.79 Å². The van der Waals surface area contributed by atoms with Crippen LogP contribution in [0, 0.1) is 0 Å². The van der Waals surface area contributed by atoms with Crippen molar-refractivity contribution in [2.75, 3.05) is 19.3 Å². The smallest absolute Gasteiger partial charge is 0.191 e. The summed E-state index contributed by atoms with van der Waals surface area (Å²) in [5, 5.41) is 1.20. The molecule has 3 heteroatoms. The molecule has 88 valence electrons. The molecule has 1 aliphatic heterocycles. The van der Waals surface area contributed by atoms with Gasteiger partial charge in [-0.1, -0.05) is 24.3 Å². The fraction of sp³-hybridized carbons (Fsp3) is 0.357. The van der Waals surface area contributed by atoms with Gasteiger partial charge in [-0.25, -0.2) is 0 Å². The summed E-state index contributed by atoms with van der Waals surface area (Å²) in [5.41, 5.74) is 3.13. The van der Waals surface area contributed by atoms with Crippen molar-refractivity contribution in [2.45, 2.75) is 12.8 Å². The number of allylic oxidation sites excluding steroid dienone is 1. The van der Waals surface area contributed by atoms with Gasteiger partial charge in [0.1, 0.15) is 0 Å². The van der Waals surface area contributed by atoms with Gasteiger partial charge < -0.3 is 4.90 Å². The van der Waals surface area contributed by atoms with Crippen LogP contribution in [0.15, 0.2) is 34.9 Å². The van der Waals surface area contributed by atoms with Gasteiger partial charge in [-0.15, -0.1) is 11.8 Å². The molecule has 0 aromatic heterocycles. The van der Waals surface area contributed by atoms with E-state index in [1.54, 1.807) is 11.8 Å². The molecule has 1 aliphatic carbocycles. The van der Waals surface area contributed by atoms with E-state index in [1.807, 2.05) is 18.2 Å². The number of ketones is 1. The monoisotopic (exact) mass is 245 g/mol. The minimum Gasteiger partial charge on any atom is -0.362 e. The predicted molar refractivity (Wildman–Crippen MR) is 71.2 cm³/mol. The third kappa shape index (κ3) is 1.89. The Bertz CT molecular complexity index is 503. The van der Waals surface area contributed by atoms with E-state index in [0.717, 1.165) is 37.1 Å². The largest absolute Gasteiger partial charge is 0.362 e. The lowest BCUT2D eigenvalue weighted by Crippen LogP contribution is -2.17. The minimum absolute atomic E-state index is 0.239. The number of aryl methyl sites for hydroxylation is 1. The average Bonchev–Trinajstić information content (AvgIpc) is 3.18. The molecule has 2 nitrogen and oxygen atoms in total. The van der Waals surface area contributed by atoms with E-state index in [2.05, 4.69) is 17.2 Å². The van der Waals surface area contributed by atoms with Gasteiger partial charge in [0, 0.05) is 24.2 Å². The number of thioether (sulfide) groups is 1. The van der Waals surface area contributed by atoms with E-state index in [1.165, 1.54) is 10.6 Å². The second kappa shape index (κ2) is 4.22. The number of rotatable bonds is 2. The number of fused-ring (bicyclic) bond motifs is 1. The van der Waals surface area contributed by atoms with Crippen LogP contribution in [-0.4, -0.2) is 30.0 Å². The molecule has 1 saturated heterocycles. The summed E-state index contributed by atoms with van der Waals surface area (Å²) in [6.07, 6.45) is 3.95. The molecule has 0 saturated carbocycles. The third-order valence-corrected chi connectivity index (χ3v) is 4.26. The summed E-state index contributed by atoms with van der Waals surface area (Å²) in [5.74, 6) is 0.239. The number of nitrogens with zero attached hydrogens (tertiary/aromatic N) is 1. The minimum atomic E-state index is 0.239. The molecule has 0 bridgehead atoms. The zero-order valence-electron chi connectivity index (χ0n) is 9.90. The lowest BCUT2D eigenvalue weighted by atomic mass is 9.87. The Hall–Kier alpha value is -1.22. The molecule has 1 fully saturated rings. The first kappa shape index (κ1) is 10.9. The van der Waals surface area contributed by atoms with Gasteiger partial charge in [-0.2, -0.15) is 0 Å². The van der Waals surface area contributed by atoms with E-state index in [-0.39, 0.29) is 5.78 Å². The Balaban J connectivity index is 2.04. The van der Waals surface area contributed by atoms with Crippen molar-refractivity contribution in [2.24, 2.45) is 0 Å². The van der Waals surface area contributed by atoms with Crippen molar-refractivity contribution in [1.82, 2.24) is 4.90 Å². The van der Waals surface area contributed by atoms with Crippen molar-refractivity contribution in [1.29, 1.82) is 0 Å². The first-order chi connectivity index (χ1) is 8.31. The summed E-state index contributed by atoms with van der Waals surface area (Å²) in [7, 11) is 0. The number of Topliss-reactive ketones (excluding diaryl/α,β-unsaturated/α-hetero) is 1. The molecule has 1 heterocycles. The average molecular weight is 245 g/mol. The molecule has 0 unspecified atom stereocenters. The molecule has 17 heavy (non-hydrogen) atoms. The highest BCUT2D eigenvalue weighted by atomic mass is 32.2. The van der Waals surface area contributed by atoms with Crippen LogP contribution < -0.4 is 0 Å². The highest BCUT2D eigenvalue weighted by molar-refractivity contribution is 8.02. The van der Waals surface area contributed by atoms with Gasteiger partial charge in [-0.05, 0) is 24.7 Å². The highest BCUT2D eigenvalue weighted by Gasteiger charge is 2.29. The highest BCUT2D eigenvalue weighted by Crippen LogP contribution is 2.34. The summed E-state index contributed by atoms with van der Waals surface area (Å²) in [4.78, 5) is 14.7. The van der Waals surface area contributed by atoms with Crippen LogP contribution in [0.3, 0.4) is 0 Å². The summed E-state index contributed by atoms with van der Waals surface area (Å²) in [6, 6.07) is 7.99. The van der Waals surface area contributed by atoms with Crippen LogP contribution in [0.25, 0.3) is 0 Å². The lowest BCUT2D eigenvalue weighted by molar-refractivity contribution is 0.102. The number of benzene rings is 1. The Morgan fingerprint density at radius 2 is 2.00 bits per heavy atom. The molecule has 2 aliphatic rings. The van der Waals surface area contributed by atoms with Crippen LogP contribution in [0.2, 0.25) is 0 Å². The third-order valence-electron chi connectivity index (χ3n) is 3.37. The fourth-order valence-corrected chi connectivity index (χ4v) is 3.28. The van der Waals surface area contributed by atoms with Crippen molar-refractivity contribution in [3.63, 3.8) is 0 Å². The number of hydrogen-bond donors (Lipinski definition) is 0. The predicted octanol–water partition coefficient (Wildman–Crippen LogP) is 2.71. The van der Waals surface area contributed by atoms with Crippen molar-refractivity contribution in [3.8, 4) is 0 Å². The Kier molecular flexibility index (Phi) is 2.71. The second-order valence-corrected chi connectivity index (χ2v) is 5.26. The molecular weight excluding hydrogens is 230 g/mol. The topological polar surface area (TPSA) is 20.1 Å². The van der Waals surface area contributed by atoms with Gasteiger partial charge in [0.15, 0.2) is 5.78 Å². The van der Waals surface area contributed by atoms with Gasteiger partial charge in [0.2, 0.25) is 0 Å². The molecule has 0 amide bonds. The quantitative estimate of drug-likeness (QED) is 0.590. The maximum atomic E-state index is 12.5. The molecule has 1 aromatic carbocycles. The number of carbonyl (C=O) groups is 1. The molecule has 0 atom stereocenters. The Labute approximate surface area is 106 Å². The van der Waals surface area contributed by atoms with Crippen LogP contribution in [0.1, 0.15) is 22.3 Å². The molecule has 0 N–H and O–H groups in total. The number of hydrogen-bond acceptors (Lipinski definition) is 3. The standard InChI is InChI=1S/C14H15NOS/c1-17-14(15-8-9-15)12-7-6-10-4-2-3-5-11(10)13(12)16/h2-5H,6-9H2,1H3/b14-12-. The molecule has 1 aromatic rings. The summed E-state index contributed by atoms with van der Waals surface area (Å²) < 4.78 is 0. The Morgan fingerprint density at radius 1 is 1.24 bits per heavy atom. The van der Waals surface area contributed by atoms with Crippen molar-refractivity contribution in [3.05, 3.63) is 46.0 Å². The maximum absolute atomic E-state index is 12.5. The molecule has 3 rings (SSSR count). The SMILES string of the molecule is CS/C(=C1/CCc2ccccc2C1=O)N1CC1.